The first-order valence-corrected chi connectivity index (χ1v) is 9.65. The number of aromatic nitrogens is 3. The van der Waals surface area contributed by atoms with Gasteiger partial charge in [0, 0.05) is 55.6 Å². The third kappa shape index (κ3) is 3.51. The number of anilines is 1. The second kappa shape index (κ2) is 7.23. The molecule has 2 aliphatic heterocycles. The molecule has 0 radical (unpaired) electrons. The number of amides is 1. The van der Waals surface area contributed by atoms with Crippen LogP contribution < -0.4 is 10.2 Å². The summed E-state index contributed by atoms with van der Waals surface area (Å²) in [7, 11) is 0. The summed E-state index contributed by atoms with van der Waals surface area (Å²) in [5, 5.41) is 3.07. The molecule has 2 aromatic rings. The van der Waals surface area contributed by atoms with E-state index in [2.05, 4.69) is 33.2 Å². The predicted octanol–water partition coefficient (Wildman–Crippen LogP) is 2.32. The van der Waals surface area contributed by atoms with Crippen LogP contribution in [0, 0.1) is 0 Å². The summed E-state index contributed by atoms with van der Waals surface area (Å²) in [6.45, 7) is 5.64. The highest BCUT2D eigenvalue weighted by molar-refractivity contribution is 5.83. The van der Waals surface area contributed by atoms with E-state index in [1.807, 2.05) is 19.1 Å². The zero-order valence-electron chi connectivity index (χ0n) is 15.8. The van der Waals surface area contributed by atoms with Crippen molar-refractivity contribution < 1.29 is 9.53 Å². The number of ether oxygens (including phenoxy) is 1. The minimum Gasteiger partial charge on any atom is -0.356 e. The Hall–Kier alpha value is -2.54. The van der Waals surface area contributed by atoms with Crippen LogP contribution in [-0.2, 0) is 16.0 Å². The molecular formula is C20H25N5O2. The van der Waals surface area contributed by atoms with Gasteiger partial charge in [0.2, 0.25) is 0 Å². The summed E-state index contributed by atoms with van der Waals surface area (Å²) in [4.78, 5) is 27.8. The van der Waals surface area contributed by atoms with Crippen LogP contribution in [0.1, 0.15) is 38.8 Å². The normalized spacial score (nSPS) is 21.5. The fourth-order valence-electron chi connectivity index (χ4n) is 3.73. The van der Waals surface area contributed by atoms with Crippen molar-refractivity contribution in [3.8, 4) is 11.4 Å². The number of hydrogen-bond donors (Lipinski definition) is 1. The van der Waals surface area contributed by atoms with Crippen LogP contribution in [0.2, 0.25) is 0 Å². The zero-order valence-corrected chi connectivity index (χ0v) is 15.8. The van der Waals surface area contributed by atoms with E-state index in [4.69, 9.17) is 9.72 Å². The van der Waals surface area contributed by atoms with Crippen molar-refractivity contribution in [3.63, 3.8) is 0 Å². The second-order valence-corrected chi connectivity index (χ2v) is 7.12. The van der Waals surface area contributed by atoms with Gasteiger partial charge in [0.1, 0.15) is 17.6 Å². The molecule has 0 aromatic carbocycles. The van der Waals surface area contributed by atoms with Crippen molar-refractivity contribution in [1.82, 2.24) is 20.3 Å². The van der Waals surface area contributed by atoms with E-state index in [0.717, 1.165) is 55.3 Å². The van der Waals surface area contributed by atoms with E-state index in [0.29, 0.717) is 6.42 Å². The van der Waals surface area contributed by atoms with Crippen molar-refractivity contribution in [1.29, 1.82) is 0 Å². The molecule has 4 rings (SSSR count). The molecule has 1 atom stereocenters. The van der Waals surface area contributed by atoms with Crippen LogP contribution in [-0.4, -0.2) is 45.8 Å². The van der Waals surface area contributed by atoms with Gasteiger partial charge in [0.25, 0.3) is 5.91 Å². The standard InChI is InChI=1S/C20H25N5O2/c1-3-15-13-17(23-18(22-15)14-5-9-21-10-6-14)25-11-7-20(8-12-25)24-19(26)16(4-2)27-20/h5-6,9-10,13,16H,3-4,7-8,11-12H2,1-2H3,(H,24,26). The van der Waals surface area contributed by atoms with E-state index < -0.39 is 5.72 Å². The maximum absolute atomic E-state index is 12.0. The smallest absolute Gasteiger partial charge is 0.251 e. The maximum Gasteiger partial charge on any atom is 0.251 e. The van der Waals surface area contributed by atoms with Gasteiger partial charge < -0.3 is 15.0 Å². The monoisotopic (exact) mass is 367 g/mol. The van der Waals surface area contributed by atoms with Gasteiger partial charge in [-0.15, -0.1) is 0 Å². The van der Waals surface area contributed by atoms with E-state index >= 15 is 0 Å². The average Bonchev–Trinajstić information content (AvgIpc) is 3.03. The molecule has 1 N–H and O–H groups in total. The Kier molecular flexibility index (Phi) is 4.78. The van der Waals surface area contributed by atoms with Crippen LogP contribution in [0.4, 0.5) is 5.82 Å². The number of pyridine rings is 1. The Balaban J connectivity index is 1.54. The molecule has 7 nitrogen and oxygen atoms in total. The first-order valence-electron chi connectivity index (χ1n) is 9.65. The molecule has 0 aliphatic carbocycles. The van der Waals surface area contributed by atoms with Crippen LogP contribution in [0.5, 0.6) is 0 Å². The maximum atomic E-state index is 12.0. The minimum atomic E-state index is -0.511. The quantitative estimate of drug-likeness (QED) is 0.893. The first-order chi connectivity index (χ1) is 13.1. The highest BCUT2D eigenvalue weighted by Gasteiger charge is 2.46. The number of aryl methyl sites for hydroxylation is 1. The molecule has 2 aliphatic rings. The molecule has 0 bridgehead atoms. The van der Waals surface area contributed by atoms with Gasteiger partial charge in [0.05, 0.1) is 0 Å². The van der Waals surface area contributed by atoms with Gasteiger partial charge >= 0.3 is 0 Å². The van der Waals surface area contributed by atoms with E-state index in [-0.39, 0.29) is 12.0 Å². The molecule has 2 fully saturated rings. The Labute approximate surface area is 159 Å². The number of hydrogen-bond acceptors (Lipinski definition) is 6. The molecule has 27 heavy (non-hydrogen) atoms. The lowest BCUT2D eigenvalue weighted by molar-refractivity contribution is -0.124. The lowest BCUT2D eigenvalue weighted by atomic mass is 10.0. The van der Waals surface area contributed by atoms with Crippen molar-refractivity contribution in [2.75, 3.05) is 18.0 Å². The van der Waals surface area contributed by atoms with Crippen molar-refractivity contribution in [2.45, 2.75) is 51.4 Å². The molecule has 142 valence electrons. The van der Waals surface area contributed by atoms with Gasteiger partial charge in [-0.25, -0.2) is 9.97 Å². The lowest BCUT2D eigenvalue weighted by Gasteiger charge is -2.39. The average molecular weight is 367 g/mol. The molecule has 2 saturated heterocycles. The first kappa shape index (κ1) is 17.9. The number of carbonyl (C=O) groups excluding carboxylic acids is 1. The number of nitrogens with one attached hydrogen (secondary N) is 1. The number of rotatable bonds is 4. The molecular weight excluding hydrogens is 342 g/mol. The molecule has 2 aromatic heterocycles. The van der Waals surface area contributed by atoms with E-state index in [1.54, 1.807) is 12.4 Å². The van der Waals surface area contributed by atoms with Gasteiger partial charge in [-0.2, -0.15) is 0 Å². The zero-order chi connectivity index (χ0) is 18.9. The Morgan fingerprint density at radius 2 is 1.96 bits per heavy atom. The molecule has 4 heterocycles. The molecule has 0 saturated carbocycles. The van der Waals surface area contributed by atoms with Crippen LogP contribution in [0.25, 0.3) is 11.4 Å². The summed E-state index contributed by atoms with van der Waals surface area (Å²) in [5.41, 5.74) is 1.47. The van der Waals surface area contributed by atoms with Crippen molar-refractivity contribution in [2.24, 2.45) is 0 Å². The Morgan fingerprint density at radius 3 is 2.59 bits per heavy atom. The SMILES string of the molecule is CCc1cc(N2CCC3(CC2)NC(=O)C(CC)O3)nc(-c2ccncc2)n1. The number of nitrogens with zero attached hydrogens (tertiary/aromatic N) is 4. The van der Waals surface area contributed by atoms with E-state index in [1.165, 1.54) is 0 Å². The van der Waals surface area contributed by atoms with Crippen LogP contribution in [0.15, 0.2) is 30.6 Å². The van der Waals surface area contributed by atoms with Gasteiger partial charge in [-0.1, -0.05) is 13.8 Å². The van der Waals surface area contributed by atoms with Gasteiger partial charge in [-0.05, 0) is 25.0 Å². The van der Waals surface area contributed by atoms with Gasteiger partial charge in [-0.3, -0.25) is 9.78 Å². The Bertz CT molecular complexity index is 818. The number of piperidine rings is 1. The largest absolute Gasteiger partial charge is 0.356 e. The Morgan fingerprint density at radius 1 is 1.22 bits per heavy atom. The summed E-state index contributed by atoms with van der Waals surface area (Å²) in [5.74, 6) is 1.67. The highest BCUT2D eigenvalue weighted by Crippen LogP contribution is 2.32. The molecule has 7 heteroatoms. The van der Waals surface area contributed by atoms with E-state index in [9.17, 15) is 4.79 Å². The minimum absolute atomic E-state index is 0.0150. The van der Waals surface area contributed by atoms with Gasteiger partial charge in [0.15, 0.2) is 5.82 Å². The second-order valence-electron chi connectivity index (χ2n) is 7.12. The summed E-state index contributed by atoms with van der Waals surface area (Å²) in [6, 6.07) is 5.92. The van der Waals surface area contributed by atoms with Crippen molar-refractivity contribution in [3.05, 3.63) is 36.3 Å². The third-order valence-electron chi connectivity index (χ3n) is 5.34. The lowest BCUT2D eigenvalue weighted by Crippen LogP contribution is -2.52. The highest BCUT2D eigenvalue weighted by atomic mass is 16.5. The summed E-state index contributed by atoms with van der Waals surface area (Å²) < 4.78 is 6.05. The fraction of sp³-hybridized carbons (Fsp3) is 0.500. The fourth-order valence-corrected chi connectivity index (χ4v) is 3.73. The summed E-state index contributed by atoms with van der Waals surface area (Å²) >= 11 is 0. The number of carbonyl (C=O) groups is 1. The van der Waals surface area contributed by atoms with Crippen molar-refractivity contribution >= 4 is 11.7 Å². The molecule has 1 amide bonds. The molecule has 1 unspecified atom stereocenters. The third-order valence-corrected chi connectivity index (χ3v) is 5.34. The molecule has 1 spiro atoms. The predicted molar refractivity (Wildman–Crippen MR) is 102 cm³/mol. The van der Waals surface area contributed by atoms with Crippen LogP contribution >= 0.6 is 0 Å². The van der Waals surface area contributed by atoms with Crippen LogP contribution in [0.3, 0.4) is 0 Å². The topological polar surface area (TPSA) is 80.2 Å². The summed E-state index contributed by atoms with van der Waals surface area (Å²) in [6.07, 6.45) is 6.26.